The average Bonchev–Trinajstić information content (AvgIpc) is 3.74. The van der Waals surface area contributed by atoms with E-state index in [-0.39, 0.29) is 29.2 Å². The SMILES string of the molecule is O=C(c1cc2nc(-c3ccc(Cl)s3)cc(C(F)(F)F)n2n1)N1N=C(c2ccc3ccccc3c2)C[C@H]1c1ccccc1O. The number of hydrogen-bond donors (Lipinski definition) is 1. The number of para-hydroxylation sites is 1. The van der Waals surface area contributed by atoms with Gasteiger partial charge in [0.05, 0.1) is 26.7 Å². The lowest BCUT2D eigenvalue weighted by atomic mass is 9.96. The molecule has 1 amide bonds. The number of carbonyl (C=O) groups is 1. The molecular formula is C31H19ClF3N5O2S. The Morgan fingerprint density at radius 2 is 1.72 bits per heavy atom. The molecule has 1 atom stereocenters. The Morgan fingerprint density at radius 1 is 0.953 bits per heavy atom. The van der Waals surface area contributed by atoms with Crippen molar-refractivity contribution in [3.8, 4) is 16.3 Å². The van der Waals surface area contributed by atoms with Crippen LogP contribution in [0.2, 0.25) is 4.34 Å². The van der Waals surface area contributed by atoms with Crippen LogP contribution in [-0.4, -0.2) is 36.3 Å². The van der Waals surface area contributed by atoms with E-state index in [2.05, 4.69) is 15.2 Å². The molecule has 1 aliphatic rings. The van der Waals surface area contributed by atoms with Crippen LogP contribution in [0.3, 0.4) is 0 Å². The molecule has 0 radical (unpaired) electrons. The Labute approximate surface area is 251 Å². The molecule has 1 aliphatic heterocycles. The standard InChI is InChI=1S/C31H19ClF3N5O2S/c32-28-12-11-26(43-28)22-15-27(31(33,34)35)40-29(36-22)16-23(38-40)30(42)39-24(20-7-3-4-8-25(20)41)14-21(37-39)19-10-9-17-5-1-2-6-18(17)13-19/h1-13,15-16,24,41H,14H2/t24-/m0/s1. The van der Waals surface area contributed by atoms with Gasteiger partial charge in [-0.25, -0.2) is 14.5 Å². The highest BCUT2D eigenvalue weighted by molar-refractivity contribution is 7.19. The molecule has 43 heavy (non-hydrogen) atoms. The molecule has 0 saturated carbocycles. The van der Waals surface area contributed by atoms with E-state index in [0.29, 0.717) is 25.0 Å². The molecular weight excluding hydrogens is 599 g/mol. The fourth-order valence-electron chi connectivity index (χ4n) is 5.23. The summed E-state index contributed by atoms with van der Waals surface area (Å²) in [6.45, 7) is 0. The van der Waals surface area contributed by atoms with E-state index in [0.717, 1.165) is 33.7 Å². The predicted molar refractivity (Wildman–Crippen MR) is 158 cm³/mol. The minimum absolute atomic E-state index is 0.0319. The fraction of sp³-hybridized carbons (Fsp3) is 0.0968. The molecule has 0 fully saturated rings. The van der Waals surface area contributed by atoms with Crippen molar-refractivity contribution in [2.24, 2.45) is 5.10 Å². The number of phenols is 1. The van der Waals surface area contributed by atoms with Gasteiger partial charge in [-0.15, -0.1) is 11.3 Å². The zero-order valence-electron chi connectivity index (χ0n) is 22.0. The number of halogens is 4. The van der Waals surface area contributed by atoms with E-state index >= 15 is 0 Å². The quantitative estimate of drug-likeness (QED) is 0.217. The van der Waals surface area contributed by atoms with Gasteiger partial charge in [0.2, 0.25) is 0 Å². The Balaban J connectivity index is 1.34. The molecule has 214 valence electrons. The third kappa shape index (κ3) is 4.90. The normalized spacial score (nSPS) is 15.4. The molecule has 0 unspecified atom stereocenters. The van der Waals surface area contributed by atoms with E-state index in [9.17, 15) is 23.1 Å². The van der Waals surface area contributed by atoms with Crippen LogP contribution >= 0.6 is 22.9 Å². The monoisotopic (exact) mass is 617 g/mol. The van der Waals surface area contributed by atoms with Crippen LogP contribution in [-0.2, 0) is 6.18 Å². The molecule has 4 heterocycles. The van der Waals surface area contributed by atoms with Crippen molar-refractivity contribution < 1.29 is 23.1 Å². The summed E-state index contributed by atoms with van der Waals surface area (Å²) in [7, 11) is 0. The summed E-state index contributed by atoms with van der Waals surface area (Å²) in [5.41, 5.74) is 0.352. The molecule has 7 rings (SSSR count). The topological polar surface area (TPSA) is 83.1 Å². The van der Waals surface area contributed by atoms with Crippen LogP contribution in [0.1, 0.15) is 39.8 Å². The predicted octanol–water partition coefficient (Wildman–Crippen LogP) is 7.98. The van der Waals surface area contributed by atoms with Gasteiger partial charge >= 0.3 is 6.18 Å². The smallest absolute Gasteiger partial charge is 0.433 e. The molecule has 6 aromatic rings. The number of carbonyl (C=O) groups excluding carboxylic acids is 1. The van der Waals surface area contributed by atoms with Crippen LogP contribution < -0.4 is 0 Å². The molecule has 0 bridgehead atoms. The van der Waals surface area contributed by atoms with E-state index in [4.69, 9.17) is 11.6 Å². The molecule has 3 aromatic carbocycles. The number of benzene rings is 3. The Kier molecular flexibility index (Phi) is 6.44. The van der Waals surface area contributed by atoms with Crippen LogP contribution in [0, 0.1) is 0 Å². The van der Waals surface area contributed by atoms with Crippen LogP contribution in [0.25, 0.3) is 27.0 Å². The molecule has 3 aromatic heterocycles. The maximum atomic E-state index is 14.2. The van der Waals surface area contributed by atoms with Gasteiger partial charge < -0.3 is 5.11 Å². The number of alkyl halides is 3. The maximum absolute atomic E-state index is 14.2. The number of rotatable bonds is 4. The number of hydrogen-bond acceptors (Lipinski definition) is 6. The lowest BCUT2D eigenvalue weighted by Crippen LogP contribution is -2.27. The Morgan fingerprint density at radius 3 is 2.47 bits per heavy atom. The first-order valence-corrected chi connectivity index (χ1v) is 14.3. The van der Waals surface area contributed by atoms with Crippen LogP contribution in [0.15, 0.2) is 96.1 Å². The maximum Gasteiger partial charge on any atom is 0.433 e. The first-order chi connectivity index (χ1) is 20.7. The third-order valence-corrected chi connectivity index (χ3v) is 8.51. The zero-order chi connectivity index (χ0) is 29.9. The van der Waals surface area contributed by atoms with Crippen molar-refractivity contribution in [1.82, 2.24) is 19.6 Å². The number of thiophene rings is 1. The van der Waals surface area contributed by atoms with E-state index in [1.54, 1.807) is 30.3 Å². The highest BCUT2D eigenvalue weighted by Crippen LogP contribution is 2.39. The number of nitrogens with zero attached hydrogens (tertiary/aromatic N) is 5. The van der Waals surface area contributed by atoms with Gasteiger partial charge in [0.1, 0.15) is 5.75 Å². The van der Waals surface area contributed by atoms with Gasteiger partial charge in [-0.2, -0.15) is 23.4 Å². The number of hydrazone groups is 1. The summed E-state index contributed by atoms with van der Waals surface area (Å²) in [6, 6.07) is 24.8. The summed E-state index contributed by atoms with van der Waals surface area (Å²) in [6.07, 6.45) is -4.51. The summed E-state index contributed by atoms with van der Waals surface area (Å²) in [5.74, 6) is -0.765. The van der Waals surface area contributed by atoms with E-state index < -0.39 is 23.8 Å². The summed E-state index contributed by atoms with van der Waals surface area (Å²) >= 11 is 7.10. The molecule has 0 aliphatic carbocycles. The summed E-state index contributed by atoms with van der Waals surface area (Å²) < 4.78 is 43.5. The van der Waals surface area contributed by atoms with Crippen molar-refractivity contribution >= 4 is 51.0 Å². The second kappa shape index (κ2) is 10.2. The van der Waals surface area contributed by atoms with Gasteiger partial charge in [0.25, 0.3) is 5.91 Å². The summed E-state index contributed by atoms with van der Waals surface area (Å²) in [5, 5.41) is 22.5. The van der Waals surface area contributed by atoms with Crippen molar-refractivity contribution in [2.45, 2.75) is 18.6 Å². The molecule has 0 spiro atoms. The second-order valence-electron chi connectivity index (χ2n) is 9.96. The number of amides is 1. The van der Waals surface area contributed by atoms with Crippen molar-refractivity contribution in [3.05, 3.63) is 118 Å². The number of phenolic OH excluding ortho intramolecular Hbond substituents is 1. The number of fused-ring (bicyclic) bond motifs is 2. The minimum atomic E-state index is -4.78. The number of aromatic nitrogens is 3. The van der Waals surface area contributed by atoms with Gasteiger partial charge in [0.15, 0.2) is 17.0 Å². The fourth-order valence-corrected chi connectivity index (χ4v) is 6.23. The lowest BCUT2D eigenvalue weighted by Gasteiger charge is -2.21. The van der Waals surface area contributed by atoms with E-state index in [1.165, 1.54) is 17.1 Å². The van der Waals surface area contributed by atoms with Crippen LogP contribution in [0.4, 0.5) is 13.2 Å². The van der Waals surface area contributed by atoms with E-state index in [1.807, 2.05) is 42.5 Å². The van der Waals surface area contributed by atoms with Gasteiger partial charge in [-0.1, -0.05) is 66.2 Å². The van der Waals surface area contributed by atoms with Gasteiger partial charge in [0, 0.05) is 18.1 Å². The van der Waals surface area contributed by atoms with Gasteiger partial charge in [-0.05, 0) is 46.7 Å². The third-order valence-electron chi connectivity index (χ3n) is 7.26. The zero-order valence-corrected chi connectivity index (χ0v) is 23.5. The second-order valence-corrected chi connectivity index (χ2v) is 11.7. The first kappa shape index (κ1) is 27.1. The van der Waals surface area contributed by atoms with Crippen molar-refractivity contribution in [3.63, 3.8) is 0 Å². The highest BCUT2D eigenvalue weighted by Gasteiger charge is 2.38. The van der Waals surface area contributed by atoms with Crippen molar-refractivity contribution in [1.29, 1.82) is 0 Å². The number of aromatic hydroxyl groups is 1. The van der Waals surface area contributed by atoms with Crippen molar-refractivity contribution in [2.75, 3.05) is 0 Å². The first-order valence-electron chi connectivity index (χ1n) is 13.1. The highest BCUT2D eigenvalue weighted by atomic mass is 35.5. The Hall–Kier alpha value is -4.74. The molecule has 0 saturated heterocycles. The molecule has 7 nitrogen and oxygen atoms in total. The summed E-state index contributed by atoms with van der Waals surface area (Å²) in [4.78, 5) is 18.7. The Bertz CT molecular complexity index is 2090. The largest absolute Gasteiger partial charge is 0.508 e. The van der Waals surface area contributed by atoms with Gasteiger partial charge in [-0.3, -0.25) is 4.79 Å². The average molecular weight is 618 g/mol. The van der Waals surface area contributed by atoms with Crippen LogP contribution in [0.5, 0.6) is 5.75 Å². The lowest BCUT2D eigenvalue weighted by molar-refractivity contribution is -0.142. The minimum Gasteiger partial charge on any atom is -0.508 e. The molecule has 1 N–H and O–H groups in total. The molecule has 12 heteroatoms.